The second kappa shape index (κ2) is 28.5. The summed E-state index contributed by atoms with van der Waals surface area (Å²) in [5, 5.41) is 6.33. The minimum absolute atomic E-state index is 0.202. The molecule has 0 atom stereocenters. The van der Waals surface area contributed by atoms with Crippen LogP contribution in [-0.2, 0) is 9.31 Å². The third kappa shape index (κ3) is 13.5. The Bertz CT molecular complexity index is 4550. The molecule has 0 bridgehead atoms. The summed E-state index contributed by atoms with van der Waals surface area (Å²) in [6.07, 6.45) is 0. The van der Waals surface area contributed by atoms with Gasteiger partial charge in [-0.3, -0.25) is 0 Å². The molecular weight excluding hydrogens is 1400 g/mol. The minimum Gasteiger partial charge on any atom is -0.399 e. The first-order valence-electron chi connectivity index (χ1n) is 28.9. The van der Waals surface area contributed by atoms with Crippen molar-refractivity contribution in [3.63, 3.8) is 0 Å². The van der Waals surface area contributed by atoms with Crippen molar-refractivity contribution in [2.75, 3.05) is 9.86 Å². The maximum absolute atomic E-state index is 6.86. The zero-order valence-electron chi connectivity index (χ0n) is 50.1. The number of nitrogens with zero attached hydrogens (tertiary/aromatic N) is 8. The SMILES string of the molecule is CC1(C)OB(c2ccc(Cl)c(-n3c4ccccc4c4ccccc43)c2)OC1(C)C.CI.CI.Clc1ccc(-c2nc(-c3ccccc3)nc(-c3ccccc3)n2)cc1-n1c2ccccc2c2ccccc21.Clc1nc(-c2ccccc2)nc(-c2ccccc2)n1. The van der Waals surface area contributed by atoms with E-state index in [-0.39, 0.29) is 16.5 Å². The van der Waals surface area contributed by atoms with Crippen LogP contribution in [0, 0.1) is 0 Å². The summed E-state index contributed by atoms with van der Waals surface area (Å²) in [5.41, 5.74) is 11.0. The lowest BCUT2D eigenvalue weighted by Crippen LogP contribution is -2.41. The first kappa shape index (κ1) is 63.7. The van der Waals surface area contributed by atoms with Gasteiger partial charge in [0.15, 0.2) is 29.1 Å². The molecule has 0 amide bonds. The van der Waals surface area contributed by atoms with E-state index < -0.39 is 7.12 Å². The van der Waals surface area contributed by atoms with Crippen LogP contribution in [0.25, 0.3) is 112 Å². The molecule has 1 fully saturated rings. The highest BCUT2D eigenvalue weighted by Crippen LogP contribution is 2.40. The molecule has 0 aliphatic carbocycles. The number of hydrogen-bond donors (Lipinski definition) is 0. The van der Waals surface area contributed by atoms with Gasteiger partial charge in [-0.15, -0.1) is 0 Å². The summed E-state index contributed by atoms with van der Waals surface area (Å²) in [6, 6.07) is 85.0. The molecule has 1 aliphatic rings. The predicted molar refractivity (Wildman–Crippen MR) is 393 cm³/mol. The fourth-order valence-corrected chi connectivity index (χ4v) is 11.3. The molecule has 446 valence electrons. The Morgan fingerprint density at radius 2 is 0.600 bits per heavy atom. The number of benzene rings is 10. The highest BCUT2D eigenvalue weighted by Gasteiger charge is 2.51. The Morgan fingerprint density at radius 3 is 0.944 bits per heavy atom. The topological polar surface area (TPSA) is 106 Å². The van der Waals surface area contributed by atoms with Crippen molar-refractivity contribution in [3.8, 4) is 68.3 Å². The van der Waals surface area contributed by atoms with E-state index in [2.05, 4.69) is 206 Å². The summed E-state index contributed by atoms with van der Waals surface area (Å²) >= 11 is 23.8. The van der Waals surface area contributed by atoms with Gasteiger partial charge in [-0.05, 0) is 109 Å². The van der Waals surface area contributed by atoms with Crippen LogP contribution in [0.4, 0.5) is 0 Å². The van der Waals surface area contributed by atoms with Crippen LogP contribution in [0.1, 0.15) is 27.7 Å². The lowest BCUT2D eigenvalue weighted by Gasteiger charge is -2.32. The predicted octanol–water partition coefficient (Wildman–Crippen LogP) is 20.3. The Balaban J connectivity index is 0.000000142. The average molecular weight is 1460 g/mol. The molecule has 0 spiro atoms. The van der Waals surface area contributed by atoms with Crippen LogP contribution < -0.4 is 5.46 Å². The van der Waals surface area contributed by atoms with E-state index in [1.807, 2.05) is 155 Å². The van der Waals surface area contributed by atoms with Gasteiger partial charge in [0.1, 0.15) is 0 Å². The van der Waals surface area contributed by atoms with Gasteiger partial charge in [0, 0.05) is 49.4 Å². The van der Waals surface area contributed by atoms with E-state index in [4.69, 9.17) is 59.1 Å². The monoisotopic (exact) mass is 1460 g/mol. The maximum atomic E-state index is 6.86. The van der Waals surface area contributed by atoms with Gasteiger partial charge in [0.25, 0.3) is 0 Å². The third-order valence-electron chi connectivity index (χ3n) is 15.7. The fourth-order valence-electron chi connectivity index (χ4n) is 10.7. The number of para-hydroxylation sites is 4. The van der Waals surface area contributed by atoms with Gasteiger partial charge in [-0.1, -0.05) is 269 Å². The van der Waals surface area contributed by atoms with Crippen molar-refractivity contribution in [1.82, 2.24) is 39.0 Å². The van der Waals surface area contributed by atoms with Crippen LogP contribution in [0.3, 0.4) is 0 Å². The molecule has 15 rings (SSSR count). The number of fused-ring (bicyclic) bond motifs is 6. The van der Waals surface area contributed by atoms with Gasteiger partial charge >= 0.3 is 7.12 Å². The van der Waals surface area contributed by atoms with Gasteiger partial charge in [-0.25, -0.2) is 19.9 Å². The van der Waals surface area contributed by atoms with Gasteiger partial charge in [0.2, 0.25) is 5.28 Å². The quantitative estimate of drug-likeness (QED) is 0.0841. The summed E-state index contributed by atoms with van der Waals surface area (Å²) in [7, 11) is -0.427. The lowest BCUT2D eigenvalue weighted by molar-refractivity contribution is 0.00578. The number of aromatic nitrogens is 8. The highest BCUT2D eigenvalue weighted by molar-refractivity contribution is 14.1. The zero-order chi connectivity index (χ0) is 62.9. The Kier molecular flexibility index (Phi) is 20.2. The second-order valence-corrected chi connectivity index (χ2v) is 22.9. The summed E-state index contributed by atoms with van der Waals surface area (Å²) in [6.45, 7) is 8.27. The summed E-state index contributed by atoms with van der Waals surface area (Å²) < 4.78 is 17.0. The van der Waals surface area contributed by atoms with Crippen LogP contribution in [-0.4, -0.2) is 67.2 Å². The normalized spacial score (nSPS) is 12.9. The Hall–Kier alpha value is -7.87. The number of hydrogen-bond acceptors (Lipinski definition) is 8. The maximum Gasteiger partial charge on any atom is 0.494 e. The first-order chi connectivity index (χ1) is 43.9. The summed E-state index contributed by atoms with van der Waals surface area (Å²) in [4.78, 5) is 31.4. The van der Waals surface area contributed by atoms with E-state index in [1.54, 1.807) is 0 Å². The van der Waals surface area contributed by atoms with Crippen molar-refractivity contribution in [2.24, 2.45) is 0 Å². The molecule has 1 saturated heterocycles. The van der Waals surface area contributed by atoms with Crippen molar-refractivity contribution < 1.29 is 9.31 Å². The molecule has 0 radical (unpaired) electrons. The molecule has 10 aromatic carbocycles. The van der Waals surface area contributed by atoms with Crippen molar-refractivity contribution in [2.45, 2.75) is 38.9 Å². The lowest BCUT2D eigenvalue weighted by atomic mass is 9.79. The minimum atomic E-state index is -0.427. The molecule has 90 heavy (non-hydrogen) atoms. The second-order valence-electron chi connectivity index (χ2n) is 21.7. The molecule has 5 heterocycles. The van der Waals surface area contributed by atoms with E-state index in [0.717, 1.165) is 66.7 Å². The zero-order valence-corrected chi connectivity index (χ0v) is 56.7. The smallest absolute Gasteiger partial charge is 0.399 e. The largest absolute Gasteiger partial charge is 0.494 e. The van der Waals surface area contributed by atoms with Crippen molar-refractivity contribution in [1.29, 1.82) is 0 Å². The Labute approximate surface area is 566 Å². The average Bonchev–Trinajstić information content (AvgIpc) is 1.71. The Morgan fingerprint density at radius 1 is 0.322 bits per heavy atom. The van der Waals surface area contributed by atoms with Gasteiger partial charge < -0.3 is 18.4 Å². The van der Waals surface area contributed by atoms with Crippen molar-refractivity contribution >= 4 is 136 Å². The highest BCUT2D eigenvalue weighted by atomic mass is 127. The molecule has 14 aromatic rings. The molecule has 4 aromatic heterocycles. The molecular formula is C74H60BCl3I2N8O2. The van der Waals surface area contributed by atoms with Crippen LogP contribution in [0.15, 0.2) is 255 Å². The number of alkyl halides is 2. The van der Waals surface area contributed by atoms with E-state index >= 15 is 0 Å². The van der Waals surface area contributed by atoms with Crippen molar-refractivity contribution in [3.05, 3.63) is 270 Å². The van der Waals surface area contributed by atoms with Crippen LogP contribution >= 0.6 is 80.0 Å². The molecule has 0 unspecified atom stereocenters. The van der Waals surface area contributed by atoms with E-state index in [1.165, 1.54) is 21.5 Å². The summed E-state index contributed by atoms with van der Waals surface area (Å²) in [5.74, 6) is 3.01. The standard InChI is InChI=1S/C33H21ClN4.C24H23BClNO2.C15H10ClN3.2CH3I/c34-27-20-19-24(21-30(27)38-28-17-9-7-15-25(28)26-16-8-10-18-29(26)38)33-36-31(22-11-3-1-4-12-22)35-32(37-33)23-13-5-2-6-14-23;1-23(2)24(3,4)29-25(28-23)16-13-14-19(26)22(15-16)27-20-11-7-5-9-17(20)18-10-6-8-12-21(18)27;16-15-18-13(11-7-3-1-4-8-11)17-14(19-15)12-9-5-2-6-10-12;2*1-2/h1-21H;5-15H,1-4H3;1-10H;2*1H3. The first-order valence-corrected chi connectivity index (χ1v) is 34.4. The van der Waals surface area contributed by atoms with Crippen LogP contribution in [0.2, 0.25) is 15.3 Å². The van der Waals surface area contributed by atoms with Gasteiger partial charge in [-0.2, -0.15) is 9.97 Å². The molecule has 1 aliphatic heterocycles. The third-order valence-corrected chi connectivity index (χ3v) is 16.5. The molecule has 0 N–H and O–H groups in total. The fraction of sp³-hybridized carbons (Fsp3) is 0.108. The number of rotatable bonds is 8. The van der Waals surface area contributed by atoms with E-state index in [9.17, 15) is 0 Å². The number of halogens is 5. The molecule has 10 nitrogen and oxygen atoms in total. The molecule has 16 heteroatoms. The van der Waals surface area contributed by atoms with Gasteiger partial charge in [0.05, 0.1) is 54.7 Å². The van der Waals surface area contributed by atoms with E-state index in [0.29, 0.717) is 39.2 Å². The molecule has 0 saturated carbocycles. The van der Waals surface area contributed by atoms with Crippen LogP contribution in [0.5, 0.6) is 0 Å².